The number of aromatic nitrogens is 3. The first-order valence-corrected chi connectivity index (χ1v) is 9.72. The molecule has 0 fully saturated rings. The van der Waals surface area contributed by atoms with Crippen molar-refractivity contribution in [1.82, 2.24) is 14.9 Å². The predicted molar refractivity (Wildman–Crippen MR) is 107 cm³/mol. The van der Waals surface area contributed by atoms with Crippen LogP contribution in [-0.4, -0.2) is 20.8 Å². The van der Waals surface area contributed by atoms with E-state index in [-0.39, 0.29) is 17.4 Å². The molecule has 1 amide bonds. The van der Waals surface area contributed by atoms with E-state index in [0.717, 1.165) is 30.6 Å². The highest BCUT2D eigenvalue weighted by molar-refractivity contribution is 6.03. The summed E-state index contributed by atoms with van der Waals surface area (Å²) in [5.74, 6) is 0.596. The van der Waals surface area contributed by atoms with Gasteiger partial charge in [0, 0.05) is 18.2 Å². The summed E-state index contributed by atoms with van der Waals surface area (Å²) in [5.41, 5.74) is 4.52. The molecule has 4 rings (SSSR count). The summed E-state index contributed by atoms with van der Waals surface area (Å²) in [6.07, 6.45) is 6.19. The number of benzene rings is 1. The highest BCUT2D eigenvalue weighted by Crippen LogP contribution is 2.36. The third-order valence-electron chi connectivity index (χ3n) is 5.58. The van der Waals surface area contributed by atoms with Gasteiger partial charge >= 0.3 is 0 Å². The Morgan fingerprint density at radius 2 is 2.04 bits per heavy atom. The summed E-state index contributed by atoms with van der Waals surface area (Å²) in [4.78, 5) is 12.8. The Morgan fingerprint density at radius 1 is 1.29 bits per heavy atom. The number of nitrogens with zero attached hydrogens (tertiary/aromatic N) is 3. The van der Waals surface area contributed by atoms with Gasteiger partial charge in [-0.15, -0.1) is 0 Å². The SMILES string of the molecule is Cc1ccc(C(C)n2cc(NC(=O)c3noc4c3CC(C)(C)CC4)cn2)cc1. The molecule has 28 heavy (non-hydrogen) atoms. The van der Waals surface area contributed by atoms with Crippen LogP contribution < -0.4 is 5.32 Å². The first-order valence-electron chi connectivity index (χ1n) is 9.72. The van der Waals surface area contributed by atoms with Crippen LogP contribution in [0.1, 0.15) is 66.2 Å². The third kappa shape index (κ3) is 3.59. The van der Waals surface area contributed by atoms with Crippen LogP contribution in [0.25, 0.3) is 0 Å². The number of carbonyl (C=O) groups excluding carboxylic acids is 1. The van der Waals surface area contributed by atoms with Gasteiger partial charge in [-0.1, -0.05) is 48.8 Å². The highest BCUT2D eigenvalue weighted by atomic mass is 16.5. The molecule has 2 aromatic heterocycles. The van der Waals surface area contributed by atoms with Crippen molar-refractivity contribution in [2.45, 2.75) is 53.0 Å². The van der Waals surface area contributed by atoms with Gasteiger partial charge in [0.2, 0.25) is 0 Å². The maximum atomic E-state index is 12.8. The zero-order valence-corrected chi connectivity index (χ0v) is 16.8. The topological polar surface area (TPSA) is 73.0 Å². The minimum atomic E-state index is -0.245. The quantitative estimate of drug-likeness (QED) is 0.722. The molecule has 3 aromatic rings. The summed E-state index contributed by atoms with van der Waals surface area (Å²) in [6, 6.07) is 8.46. The molecule has 0 saturated heterocycles. The number of amides is 1. The number of nitrogens with one attached hydrogen (secondary N) is 1. The number of aryl methyl sites for hydroxylation is 2. The number of anilines is 1. The Hall–Kier alpha value is -2.89. The van der Waals surface area contributed by atoms with E-state index in [9.17, 15) is 4.79 Å². The van der Waals surface area contributed by atoms with E-state index >= 15 is 0 Å². The van der Waals surface area contributed by atoms with Crippen molar-refractivity contribution < 1.29 is 9.32 Å². The Bertz CT molecular complexity index is 998. The van der Waals surface area contributed by atoms with Crippen molar-refractivity contribution in [3.63, 3.8) is 0 Å². The van der Waals surface area contributed by atoms with Crippen LogP contribution in [0.15, 0.2) is 41.2 Å². The largest absolute Gasteiger partial charge is 0.360 e. The summed E-state index contributed by atoms with van der Waals surface area (Å²) >= 11 is 0. The summed E-state index contributed by atoms with van der Waals surface area (Å²) in [5, 5.41) is 11.4. The molecular formula is C22H26N4O2. The van der Waals surface area contributed by atoms with Crippen molar-refractivity contribution in [2.75, 3.05) is 5.32 Å². The van der Waals surface area contributed by atoms with Crippen LogP contribution in [-0.2, 0) is 12.8 Å². The zero-order valence-electron chi connectivity index (χ0n) is 16.8. The van der Waals surface area contributed by atoms with E-state index in [1.807, 2.05) is 10.9 Å². The number of fused-ring (bicyclic) bond motifs is 1. The lowest BCUT2D eigenvalue weighted by Crippen LogP contribution is -2.24. The molecule has 2 heterocycles. The van der Waals surface area contributed by atoms with Crippen LogP contribution in [0.2, 0.25) is 0 Å². The van der Waals surface area contributed by atoms with Gasteiger partial charge in [0.1, 0.15) is 5.76 Å². The first kappa shape index (κ1) is 18.5. The molecule has 0 saturated carbocycles. The minimum Gasteiger partial charge on any atom is -0.360 e. The van der Waals surface area contributed by atoms with Gasteiger partial charge in [0.05, 0.1) is 17.9 Å². The van der Waals surface area contributed by atoms with Crippen LogP contribution in [0.4, 0.5) is 5.69 Å². The summed E-state index contributed by atoms with van der Waals surface area (Å²) in [6.45, 7) is 8.57. The van der Waals surface area contributed by atoms with Gasteiger partial charge in [0.15, 0.2) is 5.69 Å². The second-order valence-corrected chi connectivity index (χ2v) is 8.52. The van der Waals surface area contributed by atoms with Crippen molar-refractivity contribution in [3.8, 4) is 0 Å². The van der Waals surface area contributed by atoms with Crippen molar-refractivity contribution in [2.24, 2.45) is 5.41 Å². The molecule has 0 spiro atoms. The fourth-order valence-corrected chi connectivity index (χ4v) is 3.72. The lowest BCUT2D eigenvalue weighted by molar-refractivity contribution is 0.101. The molecule has 0 radical (unpaired) electrons. The molecule has 1 aliphatic carbocycles. The Morgan fingerprint density at radius 3 is 2.79 bits per heavy atom. The number of carbonyl (C=O) groups is 1. The van der Waals surface area contributed by atoms with Gasteiger partial charge in [-0.25, -0.2) is 0 Å². The molecule has 0 bridgehead atoms. The maximum Gasteiger partial charge on any atom is 0.278 e. The normalized spacial score (nSPS) is 16.4. The van der Waals surface area contributed by atoms with E-state index in [2.05, 4.69) is 67.5 Å². The lowest BCUT2D eigenvalue weighted by atomic mass is 9.76. The molecule has 1 unspecified atom stereocenters. The molecular weight excluding hydrogens is 352 g/mol. The fraction of sp³-hybridized carbons (Fsp3) is 0.409. The summed E-state index contributed by atoms with van der Waals surface area (Å²) < 4.78 is 7.27. The van der Waals surface area contributed by atoms with Crippen LogP contribution >= 0.6 is 0 Å². The molecule has 146 valence electrons. The van der Waals surface area contributed by atoms with Gasteiger partial charge < -0.3 is 9.84 Å². The Balaban J connectivity index is 1.50. The highest BCUT2D eigenvalue weighted by Gasteiger charge is 2.32. The lowest BCUT2D eigenvalue weighted by Gasteiger charge is -2.28. The smallest absolute Gasteiger partial charge is 0.278 e. The van der Waals surface area contributed by atoms with E-state index in [0.29, 0.717) is 11.4 Å². The van der Waals surface area contributed by atoms with Crippen LogP contribution in [0.5, 0.6) is 0 Å². The standard InChI is InChI=1S/C22H26N4O2/c1-14-5-7-16(8-6-14)15(2)26-13-17(12-23-26)24-21(27)20-18-11-22(3,4)10-9-19(18)28-25-20/h5-8,12-13,15H,9-11H2,1-4H3,(H,24,27). The van der Waals surface area contributed by atoms with E-state index in [1.54, 1.807) is 6.20 Å². The molecule has 6 heteroatoms. The van der Waals surface area contributed by atoms with Crippen molar-refractivity contribution >= 4 is 11.6 Å². The monoisotopic (exact) mass is 378 g/mol. The van der Waals surface area contributed by atoms with E-state index in [4.69, 9.17) is 4.52 Å². The molecule has 6 nitrogen and oxygen atoms in total. The number of rotatable bonds is 4. The Kier molecular flexibility index (Phi) is 4.57. The predicted octanol–water partition coefficient (Wildman–Crippen LogP) is 4.56. The molecule has 1 aromatic carbocycles. The van der Waals surface area contributed by atoms with E-state index in [1.165, 1.54) is 11.1 Å². The van der Waals surface area contributed by atoms with Gasteiger partial charge in [-0.3, -0.25) is 9.48 Å². The minimum absolute atomic E-state index is 0.0758. The van der Waals surface area contributed by atoms with Crippen molar-refractivity contribution in [3.05, 3.63) is 64.8 Å². The van der Waals surface area contributed by atoms with Gasteiger partial charge in [-0.05, 0) is 37.7 Å². The van der Waals surface area contributed by atoms with Gasteiger partial charge in [0.25, 0.3) is 5.91 Å². The molecule has 0 aliphatic heterocycles. The van der Waals surface area contributed by atoms with E-state index < -0.39 is 0 Å². The fourth-order valence-electron chi connectivity index (χ4n) is 3.72. The van der Waals surface area contributed by atoms with Crippen LogP contribution in [0.3, 0.4) is 0 Å². The average molecular weight is 378 g/mol. The van der Waals surface area contributed by atoms with Crippen LogP contribution in [0, 0.1) is 12.3 Å². The Labute approximate surface area is 164 Å². The van der Waals surface area contributed by atoms with Gasteiger partial charge in [-0.2, -0.15) is 5.10 Å². The maximum absolute atomic E-state index is 12.8. The molecule has 1 N–H and O–H groups in total. The average Bonchev–Trinajstić information content (AvgIpc) is 3.27. The first-order chi connectivity index (χ1) is 13.3. The van der Waals surface area contributed by atoms with Crippen molar-refractivity contribution in [1.29, 1.82) is 0 Å². The molecule has 1 aliphatic rings. The number of hydrogen-bond donors (Lipinski definition) is 1. The number of hydrogen-bond acceptors (Lipinski definition) is 4. The molecule has 1 atom stereocenters. The third-order valence-corrected chi connectivity index (χ3v) is 5.58. The second kappa shape index (κ2) is 6.93. The summed E-state index contributed by atoms with van der Waals surface area (Å²) in [7, 11) is 0. The zero-order chi connectivity index (χ0) is 19.9. The second-order valence-electron chi connectivity index (χ2n) is 8.52.